The summed E-state index contributed by atoms with van der Waals surface area (Å²) in [5.41, 5.74) is -0.149. The Kier molecular flexibility index (Phi) is 4.26. The summed E-state index contributed by atoms with van der Waals surface area (Å²) in [5, 5.41) is 19.2. The highest BCUT2D eigenvalue weighted by molar-refractivity contribution is 6.18. The summed E-state index contributed by atoms with van der Waals surface area (Å²) in [7, 11) is 0. The standard InChI is InChI=1S/C10H6ClN3O2/c11-4-2-1-3-8-5-10(14(15)16)9(6-12)13-7-8/h5,7H,2,4H2. The smallest absolute Gasteiger partial charge is 0.258 e. The first-order chi connectivity index (χ1) is 7.69. The van der Waals surface area contributed by atoms with Crippen molar-refractivity contribution in [2.45, 2.75) is 6.42 Å². The van der Waals surface area contributed by atoms with Crippen molar-refractivity contribution in [3.63, 3.8) is 0 Å². The molecule has 0 aliphatic carbocycles. The van der Waals surface area contributed by atoms with E-state index < -0.39 is 4.92 Å². The summed E-state index contributed by atoms with van der Waals surface area (Å²) in [6.45, 7) is 0. The van der Waals surface area contributed by atoms with Gasteiger partial charge in [0.05, 0.1) is 4.92 Å². The molecule has 0 unspecified atom stereocenters. The minimum absolute atomic E-state index is 0.215. The molecule has 1 rings (SSSR count). The van der Waals surface area contributed by atoms with E-state index in [1.807, 2.05) is 0 Å². The molecule has 0 fully saturated rings. The van der Waals surface area contributed by atoms with Gasteiger partial charge in [0.25, 0.3) is 0 Å². The molecule has 0 bridgehead atoms. The van der Waals surface area contributed by atoms with Gasteiger partial charge in [-0.15, -0.1) is 11.6 Å². The Morgan fingerprint density at radius 3 is 2.94 bits per heavy atom. The van der Waals surface area contributed by atoms with Gasteiger partial charge in [0.15, 0.2) is 0 Å². The normalized spacial score (nSPS) is 8.75. The van der Waals surface area contributed by atoms with Crippen LogP contribution in [0, 0.1) is 33.3 Å². The van der Waals surface area contributed by atoms with Gasteiger partial charge >= 0.3 is 5.69 Å². The van der Waals surface area contributed by atoms with Gasteiger partial charge in [-0.1, -0.05) is 11.8 Å². The topological polar surface area (TPSA) is 79.8 Å². The number of aromatic nitrogens is 1. The van der Waals surface area contributed by atoms with Crippen LogP contribution in [-0.2, 0) is 0 Å². The lowest BCUT2D eigenvalue weighted by molar-refractivity contribution is -0.385. The Hall–Kier alpha value is -2.11. The van der Waals surface area contributed by atoms with Gasteiger partial charge in [-0.3, -0.25) is 10.1 Å². The van der Waals surface area contributed by atoms with Gasteiger partial charge in [-0.25, -0.2) is 4.98 Å². The third kappa shape index (κ3) is 2.94. The fraction of sp³-hybridized carbons (Fsp3) is 0.200. The average Bonchev–Trinajstić information content (AvgIpc) is 2.29. The summed E-state index contributed by atoms with van der Waals surface area (Å²) < 4.78 is 0. The van der Waals surface area contributed by atoms with Gasteiger partial charge in [-0.05, 0) is 0 Å². The van der Waals surface area contributed by atoms with Crippen LogP contribution in [0.25, 0.3) is 0 Å². The predicted octanol–water partition coefficient (Wildman–Crippen LogP) is 1.84. The van der Waals surface area contributed by atoms with Crippen LogP contribution >= 0.6 is 11.6 Å². The lowest BCUT2D eigenvalue weighted by Crippen LogP contribution is -1.95. The number of halogens is 1. The number of hydrogen-bond acceptors (Lipinski definition) is 4. The SMILES string of the molecule is N#Cc1ncc(C#CCCCl)cc1[N+](=O)[O-]. The van der Waals surface area contributed by atoms with Crippen molar-refractivity contribution in [1.29, 1.82) is 5.26 Å². The summed E-state index contributed by atoms with van der Waals surface area (Å²) in [6.07, 6.45) is 1.82. The summed E-state index contributed by atoms with van der Waals surface area (Å²) in [5.74, 6) is 5.81. The molecule has 0 N–H and O–H groups in total. The molecular weight excluding hydrogens is 230 g/mol. The number of hydrogen-bond donors (Lipinski definition) is 0. The van der Waals surface area contributed by atoms with Crippen molar-refractivity contribution >= 4 is 17.3 Å². The predicted molar refractivity (Wildman–Crippen MR) is 57.8 cm³/mol. The van der Waals surface area contributed by atoms with Crippen molar-refractivity contribution in [1.82, 2.24) is 4.98 Å². The molecule has 0 saturated carbocycles. The van der Waals surface area contributed by atoms with Crippen molar-refractivity contribution < 1.29 is 4.92 Å². The zero-order valence-corrected chi connectivity index (χ0v) is 8.86. The molecule has 0 aliphatic heterocycles. The van der Waals surface area contributed by atoms with Gasteiger partial charge in [-0.2, -0.15) is 5.26 Å². The largest absolute Gasteiger partial charge is 0.306 e. The molecule has 5 nitrogen and oxygen atoms in total. The van der Waals surface area contributed by atoms with E-state index in [1.165, 1.54) is 12.3 Å². The zero-order chi connectivity index (χ0) is 12.0. The minimum Gasteiger partial charge on any atom is -0.258 e. The monoisotopic (exact) mass is 235 g/mol. The van der Waals surface area contributed by atoms with E-state index in [0.29, 0.717) is 17.9 Å². The number of nitriles is 1. The van der Waals surface area contributed by atoms with Gasteiger partial charge in [0.2, 0.25) is 5.69 Å². The second kappa shape index (κ2) is 5.69. The minimum atomic E-state index is -0.654. The molecule has 1 heterocycles. The highest BCUT2D eigenvalue weighted by atomic mass is 35.5. The first kappa shape index (κ1) is 12.0. The highest BCUT2D eigenvalue weighted by Gasteiger charge is 2.14. The van der Waals surface area contributed by atoms with Crippen LogP contribution < -0.4 is 0 Å². The van der Waals surface area contributed by atoms with E-state index in [9.17, 15) is 10.1 Å². The van der Waals surface area contributed by atoms with Crippen LogP contribution in [0.4, 0.5) is 5.69 Å². The maximum absolute atomic E-state index is 10.6. The molecule has 0 aromatic carbocycles. The molecule has 1 aromatic heterocycles. The van der Waals surface area contributed by atoms with Gasteiger partial charge in [0.1, 0.15) is 6.07 Å². The highest BCUT2D eigenvalue weighted by Crippen LogP contribution is 2.16. The average molecular weight is 236 g/mol. The molecule has 0 amide bonds. The maximum Gasteiger partial charge on any atom is 0.306 e. The first-order valence-corrected chi connectivity index (χ1v) is 4.82. The summed E-state index contributed by atoms with van der Waals surface area (Å²) in [4.78, 5) is 13.6. The molecule has 6 heteroatoms. The van der Waals surface area contributed by atoms with E-state index >= 15 is 0 Å². The number of alkyl halides is 1. The number of nitro groups is 1. The lowest BCUT2D eigenvalue weighted by atomic mass is 10.2. The van der Waals surface area contributed by atoms with Crippen molar-refractivity contribution in [2.24, 2.45) is 0 Å². The van der Waals surface area contributed by atoms with E-state index in [2.05, 4.69) is 16.8 Å². The Labute approximate surface area is 96.8 Å². The first-order valence-electron chi connectivity index (χ1n) is 4.28. The van der Waals surface area contributed by atoms with Gasteiger partial charge in [0, 0.05) is 30.1 Å². The summed E-state index contributed by atoms with van der Waals surface area (Å²) in [6, 6.07) is 2.88. The fourth-order valence-corrected chi connectivity index (χ4v) is 1.05. The molecule has 0 radical (unpaired) electrons. The molecule has 1 aromatic rings. The molecule has 80 valence electrons. The van der Waals surface area contributed by atoms with Crippen molar-refractivity contribution in [3.05, 3.63) is 33.6 Å². The van der Waals surface area contributed by atoms with Crippen LogP contribution in [0.15, 0.2) is 12.3 Å². The van der Waals surface area contributed by atoms with E-state index in [4.69, 9.17) is 16.9 Å². The lowest BCUT2D eigenvalue weighted by Gasteiger charge is -1.94. The maximum atomic E-state index is 10.6. The van der Waals surface area contributed by atoms with E-state index in [-0.39, 0.29) is 11.4 Å². The van der Waals surface area contributed by atoms with Crippen LogP contribution in [0.3, 0.4) is 0 Å². The molecule has 0 saturated heterocycles. The third-order valence-corrected chi connectivity index (χ3v) is 1.81. The van der Waals surface area contributed by atoms with Crippen LogP contribution in [0.2, 0.25) is 0 Å². The number of nitrogens with zero attached hydrogens (tertiary/aromatic N) is 3. The second-order valence-electron chi connectivity index (χ2n) is 2.70. The van der Waals surface area contributed by atoms with Crippen LogP contribution in [-0.4, -0.2) is 15.8 Å². The molecule has 0 atom stereocenters. The van der Waals surface area contributed by atoms with Crippen LogP contribution in [0.1, 0.15) is 17.7 Å². The third-order valence-electron chi connectivity index (χ3n) is 1.62. The Morgan fingerprint density at radius 2 is 2.38 bits per heavy atom. The molecule has 0 spiro atoms. The second-order valence-corrected chi connectivity index (χ2v) is 3.08. The van der Waals surface area contributed by atoms with E-state index in [0.717, 1.165) is 0 Å². The fourth-order valence-electron chi connectivity index (χ4n) is 0.959. The van der Waals surface area contributed by atoms with Crippen molar-refractivity contribution in [3.8, 4) is 17.9 Å². The zero-order valence-electron chi connectivity index (χ0n) is 8.11. The molecule has 0 aliphatic rings. The van der Waals surface area contributed by atoms with Gasteiger partial charge < -0.3 is 0 Å². The number of rotatable bonds is 2. The van der Waals surface area contributed by atoms with Crippen molar-refractivity contribution in [2.75, 3.05) is 5.88 Å². The quantitative estimate of drug-likeness (QED) is 0.339. The summed E-state index contributed by atoms with van der Waals surface area (Å²) >= 11 is 5.43. The Bertz CT molecular complexity index is 511. The van der Waals surface area contributed by atoms with E-state index in [1.54, 1.807) is 6.07 Å². The molecule has 16 heavy (non-hydrogen) atoms. The Morgan fingerprint density at radius 1 is 1.62 bits per heavy atom. The molecular formula is C10H6ClN3O2. The Balaban J connectivity index is 3.10. The van der Waals surface area contributed by atoms with Crippen LogP contribution in [0.5, 0.6) is 0 Å². The number of pyridine rings is 1.